The molecule has 3 nitrogen and oxygen atoms in total. The number of halogens is 2. The van der Waals surface area contributed by atoms with Gasteiger partial charge in [0.15, 0.2) is 11.6 Å². The van der Waals surface area contributed by atoms with Crippen molar-refractivity contribution in [3.8, 4) is 11.5 Å². The lowest BCUT2D eigenvalue weighted by Gasteiger charge is -2.13. The zero-order chi connectivity index (χ0) is 14.5. The first-order valence-electron chi connectivity index (χ1n) is 6.35. The molecule has 0 aliphatic heterocycles. The van der Waals surface area contributed by atoms with Crippen molar-refractivity contribution < 1.29 is 9.13 Å². The second kappa shape index (κ2) is 6.81. The zero-order valence-corrected chi connectivity index (χ0v) is 12.9. The fraction of sp³-hybridized carbons (Fsp3) is 0.267. The van der Waals surface area contributed by atoms with Gasteiger partial charge in [-0.3, -0.25) is 4.98 Å². The van der Waals surface area contributed by atoms with Crippen LogP contribution in [0.4, 0.5) is 4.39 Å². The molecule has 20 heavy (non-hydrogen) atoms. The van der Waals surface area contributed by atoms with Gasteiger partial charge in [-0.2, -0.15) is 0 Å². The van der Waals surface area contributed by atoms with Crippen LogP contribution in [0.15, 0.2) is 41.1 Å². The van der Waals surface area contributed by atoms with Crippen molar-refractivity contribution in [2.24, 2.45) is 0 Å². The van der Waals surface area contributed by atoms with Crippen LogP contribution in [-0.2, 0) is 6.54 Å². The van der Waals surface area contributed by atoms with Crippen molar-refractivity contribution in [1.29, 1.82) is 0 Å². The minimum Gasteiger partial charge on any atom is -0.452 e. The number of rotatable bonds is 5. The van der Waals surface area contributed by atoms with Gasteiger partial charge in [-0.05, 0) is 24.3 Å². The number of ether oxygens (including phenoxy) is 1. The Morgan fingerprint density at radius 3 is 2.85 bits per heavy atom. The first-order chi connectivity index (χ1) is 9.56. The summed E-state index contributed by atoms with van der Waals surface area (Å²) in [7, 11) is 0. The van der Waals surface area contributed by atoms with Crippen LogP contribution < -0.4 is 10.1 Å². The number of hydrogen-bond acceptors (Lipinski definition) is 3. The maximum Gasteiger partial charge on any atom is 0.165 e. The Bertz CT molecular complexity index is 590. The van der Waals surface area contributed by atoms with E-state index in [9.17, 15) is 4.39 Å². The largest absolute Gasteiger partial charge is 0.452 e. The summed E-state index contributed by atoms with van der Waals surface area (Å²) in [4.78, 5) is 4.03. The number of aromatic nitrogens is 1. The van der Waals surface area contributed by atoms with Gasteiger partial charge in [0, 0.05) is 28.8 Å². The molecule has 0 unspecified atom stereocenters. The quantitative estimate of drug-likeness (QED) is 0.883. The molecule has 0 atom stereocenters. The molecule has 0 bridgehead atoms. The van der Waals surface area contributed by atoms with E-state index in [0.717, 1.165) is 10.0 Å². The second-order valence-corrected chi connectivity index (χ2v) is 5.61. The van der Waals surface area contributed by atoms with Gasteiger partial charge in [-0.15, -0.1) is 0 Å². The molecule has 2 aromatic rings. The summed E-state index contributed by atoms with van der Waals surface area (Å²) in [6.07, 6.45) is 3.29. The summed E-state index contributed by atoms with van der Waals surface area (Å²) in [6.45, 7) is 4.77. The summed E-state index contributed by atoms with van der Waals surface area (Å²) in [5, 5.41) is 3.30. The lowest BCUT2D eigenvalue weighted by Crippen LogP contribution is -2.22. The standard InChI is InChI=1S/C15H16BrFN2O/c1-10(2)19-8-11-5-6-18-9-15(11)20-14-7-12(16)3-4-13(14)17/h3-7,9-10,19H,8H2,1-2H3. The van der Waals surface area contributed by atoms with Crippen LogP contribution in [0.2, 0.25) is 0 Å². The van der Waals surface area contributed by atoms with Gasteiger partial charge in [-0.25, -0.2) is 4.39 Å². The first-order valence-corrected chi connectivity index (χ1v) is 7.14. The molecular weight excluding hydrogens is 323 g/mol. The molecule has 1 heterocycles. The average Bonchev–Trinajstić information content (AvgIpc) is 2.42. The third-order valence-corrected chi connectivity index (χ3v) is 3.18. The van der Waals surface area contributed by atoms with Gasteiger partial charge in [-0.1, -0.05) is 29.8 Å². The van der Waals surface area contributed by atoms with Gasteiger partial charge in [0.2, 0.25) is 0 Å². The Hall–Kier alpha value is -1.46. The van der Waals surface area contributed by atoms with Crippen LogP contribution >= 0.6 is 15.9 Å². The molecule has 1 aromatic heterocycles. The Labute approximate surface area is 126 Å². The molecule has 0 fully saturated rings. The van der Waals surface area contributed by atoms with Gasteiger partial charge in [0.05, 0.1) is 6.20 Å². The van der Waals surface area contributed by atoms with Crippen LogP contribution in [0.5, 0.6) is 11.5 Å². The van der Waals surface area contributed by atoms with Crippen molar-refractivity contribution in [2.45, 2.75) is 26.4 Å². The smallest absolute Gasteiger partial charge is 0.165 e. The minimum atomic E-state index is -0.403. The van der Waals surface area contributed by atoms with Crippen molar-refractivity contribution >= 4 is 15.9 Å². The highest BCUT2D eigenvalue weighted by Crippen LogP contribution is 2.29. The maximum absolute atomic E-state index is 13.7. The van der Waals surface area contributed by atoms with Crippen LogP contribution in [0.1, 0.15) is 19.4 Å². The predicted molar refractivity (Wildman–Crippen MR) is 80.4 cm³/mol. The maximum atomic E-state index is 13.7. The Morgan fingerprint density at radius 1 is 1.30 bits per heavy atom. The van der Waals surface area contributed by atoms with Gasteiger partial charge in [0.25, 0.3) is 0 Å². The summed E-state index contributed by atoms with van der Waals surface area (Å²) in [5.74, 6) is 0.329. The zero-order valence-electron chi connectivity index (χ0n) is 11.4. The molecule has 0 aliphatic carbocycles. The predicted octanol–water partition coefficient (Wildman–Crippen LogP) is 4.27. The van der Waals surface area contributed by atoms with E-state index in [4.69, 9.17) is 4.74 Å². The van der Waals surface area contributed by atoms with Crippen LogP contribution in [0.3, 0.4) is 0 Å². The Morgan fingerprint density at radius 2 is 2.10 bits per heavy atom. The highest BCUT2D eigenvalue weighted by atomic mass is 79.9. The normalized spacial score (nSPS) is 10.8. The van der Waals surface area contributed by atoms with Crippen molar-refractivity contribution in [3.63, 3.8) is 0 Å². The van der Waals surface area contributed by atoms with E-state index in [1.807, 2.05) is 6.07 Å². The van der Waals surface area contributed by atoms with Crippen LogP contribution in [-0.4, -0.2) is 11.0 Å². The number of nitrogens with one attached hydrogen (secondary N) is 1. The highest BCUT2D eigenvalue weighted by molar-refractivity contribution is 9.10. The molecule has 0 amide bonds. The number of pyridine rings is 1. The van der Waals surface area contributed by atoms with Crippen molar-refractivity contribution in [2.75, 3.05) is 0 Å². The molecule has 0 saturated carbocycles. The monoisotopic (exact) mass is 338 g/mol. The Balaban J connectivity index is 2.22. The van der Waals surface area contributed by atoms with Crippen LogP contribution in [0, 0.1) is 5.82 Å². The fourth-order valence-electron chi connectivity index (χ4n) is 1.63. The molecule has 0 aliphatic rings. The fourth-order valence-corrected chi connectivity index (χ4v) is 1.97. The van der Waals surface area contributed by atoms with E-state index in [0.29, 0.717) is 18.3 Å². The summed E-state index contributed by atoms with van der Waals surface area (Å²) in [5.41, 5.74) is 0.938. The van der Waals surface area contributed by atoms with Gasteiger partial charge in [0.1, 0.15) is 5.75 Å². The van der Waals surface area contributed by atoms with E-state index in [-0.39, 0.29) is 5.75 Å². The molecule has 5 heteroatoms. The van der Waals surface area contributed by atoms with Crippen molar-refractivity contribution in [1.82, 2.24) is 10.3 Å². The lowest BCUT2D eigenvalue weighted by atomic mass is 10.2. The Kier molecular flexibility index (Phi) is 5.09. The molecular formula is C15H16BrFN2O. The van der Waals surface area contributed by atoms with E-state index >= 15 is 0 Å². The van der Waals surface area contributed by atoms with Crippen LogP contribution in [0.25, 0.3) is 0 Å². The SMILES string of the molecule is CC(C)NCc1ccncc1Oc1cc(Br)ccc1F. The molecule has 2 rings (SSSR count). The van der Waals surface area contributed by atoms with Crippen molar-refractivity contribution in [3.05, 3.63) is 52.5 Å². The average molecular weight is 339 g/mol. The summed E-state index contributed by atoms with van der Waals surface area (Å²) < 4.78 is 20.1. The summed E-state index contributed by atoms with van der Waals surface area (Å²) in [6, 6.07) is 6.82. The third-order valence-electron chi connectivity index (χ3n) is 2.68. The van der Waals surface area contributed by atoms with E-state index in [2.05, 4.69) is 40.1 Å². The van der Waals surface area contributed by atoms with Gasteiger partial charge >= 0.3 is 0 Å². The van der Waals surface area contributed by atoms with E-state index in [1.54, 1.807) is 24.5 Å². The molecule has 0 radical (unpaired) electrons. The molecule has 0 spiro atoms. The molecule has 1 N–H and O–H groups in total. The van der Waals surface area contributed by atoms with E-state index in [1.165, 1.54) is 6.07 Å². The third kappa shape index (κ3) is 4.02. The number of hydrogen-bond donors (Lipinski definition) is 1. The van der Waals surface area contributed by atoms with E-state index < -0.39 is 5.82 Å². The van der Waals surface area contributed by atoms with Gasteiger partial charge < -0.3 is 10.1 Å². The molecule has 0 saturated heterocycles. The number of nitrogens with zero attached hydrogens (tertiary/aromatic N) is 1. The highest BCUT2D eigenvalue weighted by Gasteiger charge is 2.09. The topological polar surface area (TPSA) is 34.2 Å². The lowest BCUT2D eigenvalue weighted by molar-refractivity contribution is 0.432. The first kappa shape index (κ1) is 14.9. The summed E-state index contributed by atoms with van der Waals surface area (Å²) >= 11 is 3.30. The molecule has 106 valence electrons. The minimum absolute atomic E-state index is 0.179. The second-order valence-electron chi connectivity index (χ2n) is 4.70. The molecule has 1 aromatic carbocycles. The number of benzene rings is 1.